The topological polar surface area (TPSA) is 107 Å². The minimum absolute atomic E-state index is 0.152. The number of carbonyl (C=O) groups is 1. The van der Waals surface area contributed by atoms with Gasteiger partial charge in [0.15, 0.2) is 5.13 Å². The number of hydrogen-bond donors (Lipinski definition) is 2. The summed E-state index contributed by atoms with van der Waals surface area (Å²) in [7, 11) is 0. The molecule has 136 valence electrons. The van der Waals surface area contributed by atoms with Crippen LogP contribution >= 0.6 is 22.7 Å². The molecule has 26 heavy (non-hydrogen) atoms. The van der Waals surface area contributed by atoms with E-state index in [2.05, 4.69) is 39.1 Å². The molecular formula is C17H20N6OS2. The van der Waals surface area contributed by atoms with Gasteiger partial charge in [-0.15, -0.1) is 11.3 Å². The van der Waals surface area contributed by atoms with Crippen LogP contribution in [0.1, 0.15) is 46.9 Å². The molecule has 3 aromatic rings. The molecule has 0 saturated carbocycles. The second kappa shape index (κ2) is 7.88. The first-order valence-corrected chi connectivity index (χ1v) is 9.94. The largest absolute Gasteiger partial charge is 0.382 e. The highest BCUT2D eigenvalue weighted by atomic mass is 32.1. The van der Waals surface area contributed by atoms with Crippen LogP contribution in [0.5, 0.6) is 0 Å². The van der Waals surface area contributed by atoms with Crippen molar-refractivity contribution in [2.75, 3.05) is 11.1 Å². The van der Waals surface area contributed by atoms with Gasteiger partial charge in [0.2, 0.25) is 5.78 Å². The van der Waals surface area contributed by atoms with Gasteiger partial charge in [-0.1, -0.05) is 24.7 Å². The number of carbonyl (C=O) groups excluding carboxylic acids is 1. The van der Waals surface area contributed by atoms with Crippen LogP contribution in [0.4, 0.5) is 10.9 Å². The van der Waals surface area contributed by atoms with Gasteiger partial charge >= 0.3 is 0 Å². The molecule has 7 nitrogen and oxygen atoms in total. The second-order valence-corrected chi connectivity index (χ2v) is 7.92. The Bertz CT molecular complexity index is 905. The molecule has 0 spiro atoms. The molecule has 0 amide bonds. The van der Waals surface area contributed by atoms with Gasteiger partial charge < -0.3 is 11.1 Å². The third-order valence-electron chi connectivity index (χ3n) is 3.74. The Kier molecular flexibility index (Phi) is 5.58. The van der Waals surface area contributed by atoms with Gasteiger partial charge in [0.25, 0.3) is 0 Å². The average molecular weight is 389 g/mol. The predicted octanol–water partition coefficient (Wildman–Crippen LogP) is 3.78. The van der Waals surface area contributed by atoms with Crippen LogP contribution in [0.15, 0.2) is 18.6 Å². The van der Waals surface area contributed by atoms with Crippen molar-refractivity contribution in [3.63, 3.8) is 0 Å². The highest BCUT2D eigenvalue weighted by Gasteiger charge is 2.23. The van der Waals surface area contributed by atoms with Gasteiger partial charge in [0.1, 0.15) is 21.4 Å². The van der Waals surface area contributed by atoms with E-state index in [9.17, 15) is 4.79 Å². The number of nitrogens with zero attached hydrogens (tertiary/aromatic N) is 4. The van der Waals surface area contributed by atoms with Crippen molar-refractivity contribution >= 4 is 39.4 Å². The number of ketones is 1. The first-order valence-electron chi connectivity index (χ1n) is 8.31. The highest BCUT2D eigenvalue weighted by Crippen LogP contribution is 2.33. The molecule has 0 radical (unpaired) electrons. The van der Waals surface area contributed by atoms with E-state index in [1.807, 2.05) is 6.92 Å². The zero-order chi connectivity index (χ0) is 18.7. The van der Waals surface area contributed by atoms with Gasteiger partial charge in [-0.2, -0.15) is 0 Å². The van der Waals surface area contributed by atoms with Crippen LogP contribution in [0.2, 0.25) is 0 Å². The monoisotopic (exact) mass is 388 g/mol. The summed E-state index contributed by atoms with van der Waals surface area (Å²) in [6.07, 6.45) is 6.93. The summed E-state index contributed by atoms with van der Waals surface area (Å²) >= 11 is 2.58. The molecular weight excluding hydrogens is 368 g/mol. The number of thiazole rings is 2. The Hall–Kier alpha value is -2.39. The summed E-state index contributed by atoms with van der Waals surface area (Å²) in [4.78, 5) is 31.0. The fourth-order valence-electron chi connectivity index (χ4n) is 2.50. The van der Waals surface area contributed by atoms with Gasteiger partial charge in [0, 0.05) is 18.4 Å². The van der Waals surface area contributed by atoms with Crippen molar-refractivity contribution in [2.24, 2.45) is 0 Å². The van der Waals surface area contributed by atoms with E-state index >= 15 is 0 Å². The predicted molar refractivity (Wildman–Crippen MR) is 106 cm³/mol. The molecule has 3 rings (SSSR count). The Balaban J connectivity index is 1.86. The number of aryl methyl sites for hydroxylation is 1. The fraction of sp³-hybridized carbons (Fsp3) is 0.353. The molecule has 3 aromatic heterocycles. The number of nitrogens with one attached hydrogen (secondary N) is 1. The van der Waals surface area contributed by atoms with Crippen LogP contribution in [0.25, 0.3) is 10.7 Å². The van der Waals surface area contributed by atoms with Crippen LogP contribution in [0, 0.1) is 6.92 Å². The quantitative estimate of drug-likeness (QED) is 0.593. The minimum atomic E-state index is -0.152. The maximum Gasteiger partial charge on any atom is 0.218 e. The number of nitrogen functional groups attached to an aromatic ring is 1. The standard InChI is InChI=1S/C17H20N6OS2/c1-4-5-9(2)21-17-23-15(18)14(26-17)12(24)13-10(3)22-16(25-13)11-8-19-6-7-20-11/h6-9H,4-5,18H2,1-3H3,(H,21,23). The number of hydrogen-bond acceptors (Lipinski definition) is 9. The number of aromatic nitrogens is 4. The summed E-state index contributed by atoms with van der Waals surface area (Å²) in [6, 6.07) is 0.280. The molecule has 0 aliphatic carbocycles. The molecule has 3 heterocycles. The first-order chi connectivity index (χ1) is 12.5. The summed E-state index contributed by atoms with van der Waals surface area (Å²) in [6.45, 7) is 6.02. The SMILES string of the molecule is CCCC(C)Nc1nc(N)c(C(=O)c2sc(-c3cnccn3)nc2C)s1. The Morgan fingerprint density at radius 3 is 2.77 bits per heavy atom. The number of anilines is 2. The van der Waals surface area contributed by atoms with E-state index in [1.54, 1.807) is 18.6 Å². The third kappa shape index (κ3) is 3.88. The van der Waals surface area contributed by atoms with E-state index in [1.165, 1.54) is 22.7 Å². The lowest BCUT2D eigenvalue weighted by atomic mass is 10.2. The molecule has 0 aliphatic heterocycles. The number of rotatable bonds is 7. The van der Waals surface area contributed by atoms with Gasteiger partial charge in [-0.3, -0.25) is 14.8 Å². The maximum atomic E-state index is 13.0. The lowest BCUT2D eigenvalue weighted by molar-refractivity contribution is 0.104. The maximum absolute atomic E-state index is 13.0. The van der Waals surface area contributed by atoms with Crippen molar-refractivity contribution in [2.45, 2.75) is 39.7 Å². The molecule has 3 N–H and O–H groups in total. The Morgan fingerprint density at radius 1 is 1.27 bits per heavy atom. The van der Waals surface area contributed by atoms with Crippen LogP contribution < -0.4 is 11.1 Å². The zero-order valence-corrected chi connectivity index (χ0v) is 16.4. The fourth-order valence-corrected chi connectivity index (χ4v) is 4.48. The van der Waals surface area contributed by atoms with Crippen molar-refractivity contribution < 1.29 is 4.79 Å². The van der Waals surface area contributed by atoms with E-state index in [0.717, 1.165) is 12.8 Å². The van der Waals surface area contributed by atoms with Crippen molar-refractivity contribution in [3.05, 3.63) is 34.0 Å². The van der Waals surface area contributed by atoms with Gasteiger partial charge in [0.05, 0.1) is 16.8 Å². The smallest absolute Gasteiger partial charge is 0.218 e. The van der Waals surface area contributed by atoms with Crippen molar-refractivity contribution in [1.82, 2.24) is 19.9 Å². The Morgan fingerprint density at radius 2 is 2.08 bits per heavy atom. The van der Waals surface area contributed by atoms with Crippen LogP contribution in [-0.2, 0) is 0 Å². The first kappa shape index (κ1) is 18.4. The summed E-state index contributed by atoms with van der Waals surface area (Å²) < 4.78 is 0. The lowest BCUT2D eigenvalue weighted by Gasteiger charge is -2.10. The summed E-state index contributed by atoms with van der Waals surface area (Å²) in [5.41, 5.74) is 7.30. The molecule has 0 fully saturated rings. The van der Waals surface area contributed by atoms with Crippen LogP contribution in [-0.4, -0.2) is 31.8 Å². The molecule has 1 atom stereocenters. The van der Waals surface area contributed by atoms with Gasteiger partial charge in [-0.25, -0.2) is 9.97 Å². The third-order valence-corrected chi connectivity index (χ3v) is 5.92. The normalized spacial score (nSPS) is 12.1. The van der Waals surface area contributed by atoms with E-state index in [-0.39, 0.29) is 17.6 Å². The molecule has 0 bridgehead atoms. The van der Waals surface area contributed by atoms with Crippen LogP contribution in [0.3, 0.4) is 0 Å². The molecule has 1 unspecified atom stereocenters. The van der Waals surface area contributed by atoms with Gasteiger partial charge in [-0.05, 0) is 20.3 Å². The lowest BCUT2D eigenvalue weighted by Crippen LogP contribution is -2.14. The second-order valence-electron chi connectivity index (χ2n) is 5.92. The van der Waals surface area contributed by atoms with E-state index in [0.29, 0.717) is 31.3 Å². The molecule has 9 heteroatoms. The van der Waals surface area contributed by atoms with Crippen molar-refractivity contribution in [3.8, 4) is 10.7 Å². The molecule has 0 aliphatic rings. The summed E-state index contributed by atoms with van der Waals surface area (Å²) in [5, 5.41) is 4.63. The van der Waals surface area contributed by atoms with E-state index < -0.39 is 0 Å². The molecule has 0 saturated heterocycles. The van der Waals surface area contributed by atoms with E-state index in [4.69, 9.17) is 5.73 Å². The average Bonchev–Trinajstić information content (AvgIpc) is 3.18. The zero-order valence-electron chi connectivity index (χ0n) is 14.8. The Labute approximate surface area is 159 Å². The summed E-state index contributed by atoms with van der Waals surface area (Å²) in [5.74, 6) is 0.0985. The number of nitrogens with two attached hydrogens (primary N) is 1. The van der Waals surface area contributed by atoms with Crippen molar-refractivity contribution in [1.29, 1.82) is 0 Å². The highest BCUT2D eigenvalue weighted by molar-refractivity contribution is 7.21. The minimum Gasteiger partial charge on any atom is -0.382 e. The molecule has 0 aromatic carbocycles.